The van der Waals surface area contributed by atoms with Crippen LogP contribution in [-0.4, -0.2) is 23.3 Å². The maximum absolute atomic E-state index is 10.9. The highest BCUT2D eigenvalue weighted by molar-refractivity contribution is 5.90. The van der Waals surface area contributed by atoms with E-state index >= 15 is 0 Å². The minimum Gasteiger partial charge on any atom is -0.477 e. The van der Waals surface area contributed by atoms with E-state index in [0.29, 0.717) is 0 Å². The number of aliphatic carboxylic acids is 1. The molecule has 0 aliphatic rings. The SMILES string of the molecule is CC=C(NC(=O)OC(C)C)C(=O)O. The van der Waals surface area contributed by atoms with E-state index in [9.17, 15) is 9.59 Å². The van der Waals surface area contributed by atoms with Crippen LogP contribution in [0.5, 0.6) is 0 Å². The van der Waals surface area contributed by atoms with E-state index < -0.39 is 12.1 Å². The number of rotatable bonds is 3. The molecule has 0 saturated heterocycles. The van der Waals surface area contributed by atoms with Crippen molar-refractivity contribution in [3.8, 4) is 0 Å². The number of carboxylic acid groups (broad SMARTS) is 1. The number of alkyl carbamates (subject to hydrolysis) is 1. The third kappa shape index (κ3) is 4.84. The second kappa shape index (κ2) is 5.18. The molecule has 0 aromatic heterocycles. The summed E-state index contributed by atoms with van der Waals surface area (Å²) in [6.45, 7) is 4.87. The summed E-state index contributed by atoms with van der Waals surface area (Å²) < 4.78 is 4.68. The number of ether oxygens (including phenoxy) is 1. The van der Waals surface area contributed by atoms with Crippen LogP contribution in [0.15, 0.2) is 11.8 Å². The molecular formula is C8H13NO4. The Balaban J connectivity index is 4.11. The number of allylic oxidation sites excluding steroid dienone is 1. The number of nitrogens with one attached hydrogen (secondary N) is 1. The predicted molar refractivity (Wildman–Crippen MR) is 46.1 cm³/mol. The molecule has 0 radical (unpaired) electrons. The van der Waals surface area contributed by atoms with Crippen molar-refractivity contribution in [2.24, 2.45) is 0 Å². The van der Waals surface area contributed by atoms with Gasteiger partial charge < -0.3 is 9.84 Å². The molecule has 1 amide bonds. The molecule has 0 atom stereocenters. The van der Waals surface area contributed by atoms with Crippen LogP contribution in [-0.2, 0) is 9.53 Å². The molecule has 0 aliphatic heterocycles. The standard InChI is InChI=1S/C8H13NO4/c1-4-6(7(10)11)9-8(12)13-5(2)3/h4-5H,1-3H3,(H,9,12)(H,10,11). The van der Waals surface area contributed by atoms with Crippen LogP contribution in [0, 0.1) is 0 Å². The largest absolute Gasteiger partial charge is 0.477 e. The summed E-state index contributed by atoms with van der Waals surface area (Å²) in [4.78, 5) is 21.3. The van der Waals surface area contributed by atoms with Crippen molar-refractivity contribution in [1.82, 2.24) is 5.32 Å². The van der Waals surface area contributed by atoms with E-state index in [4.69, 9.17) is 5.11 Å². The Morgan fingerprint density at radius 1 is 1.46 bits per heavy atom. The summed E-state index contributed by atoms with van der Waals surface area (Å²) in [5.41, 5.74) is -0.189. The lowest BCUT2D eigenvalue weighted by atomic mass is 10.4. The highest BCUT2D eigenvalue weighted by atomic mass is 16.6. The number of hydrogen-bond acceptors (Lipinski definition) is 3. The second-order valence-electron chi connectivity index (χ2n) is 2.59. The Morgan fingerprint density at radius 2 is 2.00 bits per heavy atom. The predicted octanol–water partition coefficient (Wildman–Crippen LogP) is 1.11. The molecule has 0 aromatic rings. The highest BCUT2D eigenvalue weighted by Gasteiger charge is 2.11. The average Bonchev–Trinajstić information content (AvgIpc) is 1.98. The van der Waals surface area contributed by atoms with Crippen LogP contribution < -0.4 is 5.32 Å². The summed E-state index contributed by atoms with van der Waals surface area (Å²) in [6.07, 6.45) is 0.251. The van der Waals surface area contributed by atoms with Crippen LogP contribution in [0.1, 0.15) is 20.8 Å². The minimum atomic E-state index is -1.19. The van der Waals surface area contributed by atoms with E-state index in [2.05, 4.69) is 10.1 Å². The number of carbonyl (C=O) groups excluding carboxylic acids is 1. The molecule has 2 N–H and O–H groups in total. The van der Waals surface area contributed by atoms with E-state index in [1.54, 1.807) is 13.8 Å². The number of carboxylic acids is 1. The van der Waals surface area contributed by atoms with Gasteiger partial charge in [0, 0.05) is 0 Å². The zero-order valence-corrected chi connectivity index (χ0v) is 7.83. The lowest BCUT2D eigenvalue weighted by molar-refractivity contribution is -0.133. The third-order valence-corrected chi connectivity index (χ3v) is 1.10. The fourth-order valence-corrected chi connectivity index (χ4v) is 0.603. The van der Waals surface area contributed by atoms with Crippen LogP contribution in [0.3, 0.4) is 0 Å². The smallest absolute Gasteiger partial charge is 0.412 e. The van der Waals surface area contributed by atoms with Crippen LogP contribution >= 0.6 is 0 Å². The van der Waals surface area contributed by atoms with Gasteiger partial charge in [-0.2, -0.15) is 0 Å². The topological polar surface area (TPSA) is 75.6 Å². The van der Waals surface area contributed by atoms with Gasteiger partial charge in [0.2, 0.25) is 0 Å². The molecule has 0 heterocycles. The summed E-state index contributed by atoms with van der Waals surface area (Å²) in [5, 5.41) is 10.6. The molecule has 0 saturated carbocycles. The van der Waals surface area contributed by atoms with Crippen molar-refractivity contribution in [2.45, 2.75) is 26.9 Å². The van der Waals surface area contributed by atoms with E-state index in [1.807, 2.05) is 0 Å². The van der Waals surface area contributed by atoms with E-state index in [-0.39, 0.29) is 11.8 Å². The Bertz CT molecular complexity index is 232. The molecule has 13 heavy (non-hydrogen) atoms. The lowest BCUT2D eigenvalue weighted by Gasteiger charge is -2.09. The third-order valence-electron chi connectivity index (χ3n) is 1.10. The van der Waals surface area contributed by atoms with Crippen molar-refractivity contribution in [2.75, 3.05) is 0 Å². The molecule has 0 fully saturated rings. The molecule has 0 spiro atoms. The fourth-order valence-electron chi connectivity index (χ4n) is 0.603. The van der Waals surface area contributed by atoms with Crippen LogP contribution in [0.2, 0.25) is 0 Å². The fraction of sp³-hybridized carbons (Fsp3) is 0.500. The van der Waals surface area contributed by atoms with Gasteiger partial charge in [0.1, 0.15) is 5.70 Å². The van der Waals surface area contributed by atoms with Gasteiger partial charge in [0.05, 0.1) is 6.10 Å². The van der Waals surface area contributed by atoms with Crippen molar-refractivity contribution < 1.29 is 19.4 Å². The van der Waals surface area contributed by atoms with Gasteiger partial charge in [-0.25, -0.2) is 9.59 Å². The zero-order chi connectivity index (χ0) is 10.4. The first-order valence-corrected chi connectivity index (χ1v) is 3.84. The van der Waals surface area contributed by atoms with Gasteiger partial charge in [-0.1, -0.05) is 6.08 Å². The Morgan fingerprint density at radius 3 is 2.31 bits per heavy atom. The normalized spacial score (nSPS) is 11.2. The highest BCUT2D eigenvalue weighted by Crippen LogP contribution is 1.93. The van der Waals surface area contributed by atoms with Gasteiger partial charge >= 0.3 is 12.1 Å². The number of carbonyl (C=O) groups is 2. The van der Waals surface area contributed by atoms with Gasteiger partial charge in [0.15, 0.2) is 0 Å². The second-order valence-corrected chi connectivity index (χ2v) is 2.59. The summed E-state index contributed by atoms with van der Waals surface area (Å²) in [6, 6.07) is 0. The first-order valence-electron chi connectivity index (χ1n) is 3.84. The molecule has 0 rings (SSSR count). The first kappa shape index (κ1) is 11.5. The Labute approximate surface area is 76.4 Å². The van der Waals surface area contributed by atoms with E-state index in [1.165, 1.54) is 13.0 Å². The Hall–Kier alpha value is -1.52. The van der Waals surface area contributed by atoms with Crippen molar-refractivity contribution >= 4 is 12.1 Å². The molecule has 0 unspecified atom stereocenters. The minimum absolute atomic E-state index is 0.189. The quantitative estimate of drug-likeness (QED) is 0.649. The molecular weight excluding hydrogens is 174 g/mol. The zero-order valence-electron chi connectivity index (χ0n) is 7.83. The summed E-state index contributed by atoms with van der Waals surface area (Å²) >= 11 is 0. The molecule has 5 heteroatoms. The van der Waals surface area contributed by atoms with Gasteiger partial charge in [0.25, 0.3) is 0 Å². The maximum atomic E-state index is 10.9. The Kier molecular flexibility index (Phi) is 4.58. The molecule has 0 bridgehead atoms. The van der Waals surface area contributed by atoms with Crippen molar-refractivity contribution in [1.29, 1.82) is 0 Å². The van der Waals surface area contributed by atoms with Gasteiger partial charge in [-0.05, 0) is 20.8 Å². The number of hydrogen-bond donors (Lipinski definition) is 2. The summed E-state index contributed by atoms with van der Waals surface area (Å²) in [5.74, 6) is -1.19. The monoisotopic (exact) mass is 187 g/mol. The van der Waals surface area contributed by atoms with E-state index in [0.717, 1.165) is 0 Å². The van der Waals surface area contributed by atoms with Crippen molar-refractivity contribution in [3.05, 3.63) is 11.8 Å². The number of amides is 1. The molecule has 0 aliphatic carbocycles. The van der Waals surface area contributed by atoms with Gasteiger partial charge in [-0.3, -0.25) is 5.32 Å². The molecule has 74 valence electrons. The summed E-state index contributed by atoms with van der Waals surface area (Å²) in [7, 11) is 0. The van der Waals surface area contributed by atoms with Crippen LogP contribution in [0.25, 0.3) is 0 Å². The average molecular weight is 187 g/mol. The molecule has 5 nitrogen and oxygen atoms in total. The van der Waals surface area contributed by atoms with Crippen molar-refractivity contribution in [3.63, 3.8) is 0 Å². The maximum Gasteiger partial charge on any atom is 0.412 e. The molecule has 0 aromatic carbocycles. The van der Waals surface area contributed by atoms with Crippen LogP contribution in [0.4, 0.5) is 4.79 Å². The lowest BCUT2D eigenvalue weighted by Crippen LogP contribution is -2.29. The first-order chi connectivity index (χ1) is 5.97. The van der Waals surface area contributed by atoms with Gasteiger partial charge in [-0.15, -0.1) is 0 Å².